The molecule has 1 aliphatic rings. The highest BCUT2D eigenvalue weighted by Crippen LogP contribution is 2.50. The fraction of sp³-hybridized carbons (Fsp3) is 0.462. The Morgan fingerprint density at radius 3 is 2.53 bits per heavy atom. The number of nitrogens with zero attached hydrogens (tertiary/aromatic N) is 1. The average Bonchev–Trinajstić information content (AvgIpc) is 2.32. The highest BCUT2D eigenvalue weighted by Gasteiger charge is 2.41. The van der Waals surface area contributed by atoms with Crippen molar-refractivity contribution in [1.82, 2.24) is 0 Å². The Kier molecular flexibility index (Phi) is 3.16. The third-order valence-electron chi connectivity index (χ3n) is 3.34. The first-order chi connectivity index (χ1) is 8.27. The van der Waals surface area contributed by atoms with Gasteiger partial charge in [-0.3, -0.25) is 0 Å². The van der Waals surface area contributed by atoms with Gasteiger partial charge in [0.15, 0.2) is 11.5 Å². The van der Waals surface area contributed by atoms with Crippen LogP contribution in [-0.4, -0.2) is 20.3 Å². The molecule has 1 aliphatic carbocycles. The van der Waals surface area contributed by atoms with Gasteiger partial charge in [-0.2, -0.15) is 4.99 Å². The Balaban J connectivity index is 2.54. The molecule has 0 aliphatic heterocycles. The molecule has 4 nitrogen and oxygen atoms in total. The first kappa shape index (κ1) is 11.7. The van der Waals surface area contributed by atoms with E-state index in [0.29, 0.717) is 11.5 Å². The number of carbonyl (C=O) groups excluding carboxylic acids is 1. The molecule has 4 heteroatoms. The third-order valence-corrected chi connectivity index (χ3v) is 3.34. The Bertz CT molecular complexity index is 460. The molecular formula is C13H15NO3. The summed E-state index contributed by atoms with van der Waals surface area (Å²) in [5, 5.41) is 0. The van der Waals surface area contributed by atoms with Gasteiger partial charge in [0.1, 0.15) is 5.54 Å². The van der Waals surface area contributed by atoms with Crippen LogP contribution < -0.4 is 9.47 Å². The lowest BCUT2D eigenvalue weighted by Gasteiger charge is -2.38. The second kappa shape index (κ2) is 4.60. The number of ether oxygens (including phenoxy) is 2. The predicted molar refractivity (Wildman–Crippen MR) is 63.2 cm³/mol. The first-order valence-electron chi connectivity index (χ1n) is 5.58. The molecule has 0 amide bonds. The number of rotatable bonds is 4. The molecular weight excluding hydrogens is 218 g/mol. The van der Waals surface area contributed by atoms with Gasteiger partial charge in [-0.05, 0) is 25.3 Å². The van der Waals surface area contributed by atoms with E-state index in [4.69, 9.17) is 9.47 Å². The smallest absolute Gasteiger partial charge is 0.235 e. The van der Waals surface area contributed by atoms with Gasteiger partial charge < -0.3 is 9.47 Å². The summed E-state index contributed by atoms with van der Waals surface area (Å²) in [6.45, 7) is 0. The summed E-state index contributed by atoms with van der Waals surface area (Å²) in [6, 6.07) is 5.65. The molecule has 1 aromatic rings. The van der Waals surface area contributed by atoms with Crippen molar-refractivity contribution in [2.45, 2.75) is 24.8 Å². The maximum absolute atomic E-state index is 10.6. The minimum Gasteiger partial charge on any atom is -0.493 e. The van der Waals surface area contributed by atoms with Gasteiger partial charge in [0.05, 0.1) is 14.2 Å². The van der Waals surface area contributed by atoms with Crippen LogP contribution in [0.1, 0.15) is 24.8 Å². The van der Waals surface area contributed by atoms with Crippen LogP contribution in [0.25, 0.3) is 0 Å². The lowest BCUT2D eigenvalue weighted by Crippen LogP contribution is -2.32. The minimum atomic E-state index is -0.457. The van der Waals surface area contributed by atoms with Crippen molar-refractivity contribution in [1.29, 1.82) is 0 Å². The Hall–Kier alpha value is -1.80. The highest BCUT2D eigenvalue weighted by molar-refractivity contribution is 5.52. The van der Waals surface area contributed by atoms with Gasteiger partial charge in [-0.25, -0.2) is 4.79 Å². The van der Waals surface area contributed by atoms with Crippen molar-refractivity contribution >= 4 is 6.08 Å². The summed E-state index contributed by atoms with van der Waals surface area (Å²) >= 11 is 0. The zero-order chi connectivity index (χ0) is 12.3. The third kappa shape index (κ3) is 1.81. The SMILES string of the molecule is COc1cccc(C2(N=C=O)CCC2)c1OC. The van der Waals surface area contributed by atoms with Crippen LogP contribution in [0, 0.1) is 0 Å². The van der Waals surface area contributed by atoms with Crippen molar-refractivity contribution in [3.8, 4) is 11.5 Å². The molecule has 0 unspecified atom stereocenters. The van der Waals surface area contributed by atoms with Crippen LogP contribution in [0.3, 0.4) is 0 Å². The van der Waals surface area contributed by atoms with E-state index in [1.54, 1.807) is 20.3 Å². The van der Waals surface area contributed by atoms with Crippen LogP contribution in [-0.2, 0) is 10.3 Å². The molecule has 0 heterocycles. The largest absolute Gasteiger partial charge is 0.493 e. The number of isocyanates is 1. The van der Waals surface area contributed by atoms with E-state index >= 15 is 0 Å². The first-order valence-corrected chi connectivity index (χ1v) is 5.58. The van der Waals surface area contributed by atoms with Crippen LogP contribution >= 0.6 is 0 Å². The topological polar surface area (TPSA) is 47.9 Å². The summed E-state index contributed by atoms with van der Waals surface area (Å²) < 4.78 is 10.6. The Labute approximate surface area is 100 Å². The number of hydrogen-bond donors (Lipinski definition) is 0. The zero-order valence-electron chi connectivity index (χ0n) is 10.0. The van der Waals surface area contributed by atoms with E-state index in [1.165, 1.54) is 0 Å². The number of benzene rings is 1. The molecule has 0 bridgehead atoms. The maximum Gasteiger partial charge on any atom is 0.235 e. The Morgan fingerprint density at radius 2 is 2.06 bits per heavy atom. The van der Waals surface area contributed by atoms with E-state index < -0.39 is 5.54 Å². The van der Waals surface area contributed by atoms with Crippen molar-refractivity contribution in [2.75, 3.05) is 14.2 Å². The second-order valence-electron chi connectivity index (χ2n) is 4.13. The molecule has 1 fully saturated rings. The normalized spacial score (nSPS) is 16.6. The molecule has 0 N–H and O–H groups in total. The molecule has 0 radical (unpaired) electrons. The maximum atomic E-state index is 10.6. The molecule has 17 heavy (non-hydrogen) atoms. The van der Waals surface area contributed by atoms with Gasteiger partial charge in [0, 0.05) is 5.56 Å². The molecule has 0 saturated heterocycles. The summed E-state index contributed by atoms with van der Waals surface area (Å²) in [7, 11) is 3.19. The number of aliphatic imine (C=N–C) groups is 1. The van der Waals surface area contributed by atoms with Gasteiger partial charge in [-0.15, -0.1) is 0 Å². The molecule has 0 spiro atoms. The molecule has 1 aromatic carbocycles. The quantitative estimate of drug-likeness (QED) is 0.592. The highest BCUT2D eigenvalue weighted by atomic mass is 16.5. The van der Waals surface area contributed by atoms with Gasteiger partial charge in [0.2, 0.25) is 6.08 Å². The van der Waals surface area contributed by atoms with E-state index in [-0.39, 0.29) is 0 Å². The summed E-state index contributed by atoms with van der Waals surface area (Å²) in [5.41, 5.74) is 0.454. The Morgan fingerprint density at radius 1 is 1.29 bits per heavy atom. The average molecular weight is 233 g/mol. The van der Waals surface area contributed by atoms with Crippen molar-refractivity contribution in [3.05, 3.63) is 23.8 Å². The minimum absolute atomic E-state index is 0.457. The molecule has 1 saturated carbocycles. The van der Waals surface area contributed by atoms with Crippen LogP contribution in [0.4, 0.5) is 0 Å². The second-order valence-corrected chi connectivity index (χ2v) is 4.13. The standard InChI is InChI=1S/C13H15NO3/c1-16-11-6-3-5-10(12(11)17-2)13(14-9-15)7-4-8-13/h3,5-6H,4,7-8H2,1-2H3. The molecule has 0 atom stereocenters. The van der Waals surface area contributed by atoms with E-state index in [9.17, 15) is 4.79 Å². The fourth-order valence-corrected chi connectivity index (χ4v) is 2.29. The zero-order valence-corrected chi connectivity index (χ0v) is 10.0. The summed E-state index contributed by atoms with van der Waals surface area (Å²) in [4.78, 5) is 14.6. The number of para-hydroxylation sites is 1. The van der Waals surface area contributed by atoms with Gasteiger partial charge in [0.25, 0.3) is 0 Å². The summed E-state index contributed by atoms with van der Waals surface area (Å²) in [6.07, 6.45) is 4.44. The van der Waals surface area contributed by atoms with Crippen molar-refractivity contribution in [2.24, 2.45) is 4.99 Å². The monoisotopic (exact) mass is 233 g/mol. The van der Waals surface area contributed by atoms with Gasteiger partial charge >= 0.3 is 0 Å². The van der Waals surface area contributed by atoms with Crippen LogP contribution in [0.5, 0.6) is 11.5 Å². The van der Waals surface area contributed by atoms with E-state index in [0.717, 1.165) is 24.8 Å². The number of methoxy groups -OCH3 is 2. The number of hydrogen-bond acceptors (Lipinski definition) is 4. The van der Waals surface area contributed by atoms with Crippen LogP contribution in [0.2, 0.25) is 0 Å². The molecule has 2 rings (SSSR count). The van der Waals surface area contributed by atoms with Crippen LogP contribution in [0.15, 0.2) is 23.2 Å². The van der Waals surface area contributed by atoms with Crippen molar-refractivity contribution < 1.29 is 14.3 Å². The summed E-state index contributed by atoms with van der Waals surface area (Å²) in [5.74, 6) is 1.33. The lowest BCUT2D eigenvalue weighted by molar-refractivity contribution is 0.242. The van der Waals surface area contributed by atoms with E-state index in [2.05, 4.69) is 4.99 Å². The predicted octanol–water partition coefficient (Wildman–Crippen LogP) is 2.42. The van der Waals surface area contributed by atoms with E-state index in [1.807, 2.05) is 18.2 Å². The molecule has 0 aromatic heterocycles. The van der Waals surface area contributed by atoms with Gasteiger partial charge in [-0.1, -0.05) is 12.1 Å². The molecule has 90 valence electrons. The fourth-order valence-electron chi connectivity index (χ4n) is 2.29. The van der Waals surface area contributed by atoms with Crippen molar-refractivity contribution in [3.63, 3.8) is 0 Å². The lowest BCUT2D eigenvalue weighted by atomic mass is 9.72.